The van der Waals surface area contributed by atoms with Crippen LogP contribution in [0.5, 0.6) is 0 Å². The van der Waals surface area contributed by atoms with Crippen LogP contribution in [0.4, 0.5) is 0 Å². The zero-order valence-electron chi connectivity index (χ0n) is 6.99. The van der Waals surface area contributed by atoms with Gasteiger partial charge in [0.1, 0.15) is 5.60 Å². The molecule has 0 amide bonds. The summed E-state index contributed by atoms with van der Waals surface area (Å²) in [5.74, 6) is 0. The molecule has 1 saturated heterocycles. The van der Waals surface area contributed by atoms with Gasteiger partial charge in [-0.25, -0.2) is 0 Å². The van der Waals surface area contributed by atoms with Crippen molar-refractivity contribution in [2.45, 2.75) is 12.0 Å². The monoisotopic (exact) mass is 163 g/mol. The Labute approximate surface area is 72.3 Å². The van der Waals surface area contributed by atoms with Crippen molar-refractivity contribution in [2.75, 3.05) is 13.2 Å². The van der Waals surface area contributed by atoms with E-state index in [-0.39, 0.29) is 5.60 Å². The highest BCUT2D eigenvalue weighted by atomic mass is 16.5. The molecule has 0 unspecified atom stereocenters. The van der Waals surface area contributed by atoms with E-state index in [4.69, 9.17) is 10.5 Å². The predicted octanol–water partition coefficient (Wildman–Crippen LogP) is 1.26. The van der Waals surface area contributed by atoms with E-state index in [1.54, 1.807) is 0 Å². The Morgan fingerprint density at radius 1 is 1.33 bits per heavy atom. The number of hydrogen-bond donors (Lipinski definition) is 1. The molecule has 1 heterocycles. The minimum Gasteiger partial charge on any atom is -0.369 e. The molecule has 0 saturated carbocycles. The Morgan fingerprint density at radius 2 is 2.00 bits per heavy atom. The predicted molar refractivity (Wildman–Crippen MR) is 47.7 cm³/mol. The van der Waals surface area contributed by atoms with Crippen molar-refractivity contribution in [1.29, 1.82) is 0 Å². The molecule has 0 aliphatic carbocycles. The van der Waals surface area contributed by atoms with Crippen molar-refractivity contribution in [3.8, 4) is 0 Å². The highest BCUT2D eigenvalue weighted by Gasteiger charge is 2.38. The van der Waals surface area contributed by atoms with Gasteiger partial charge in [0, 0.05) is 13.0 Å². The van der Waals surface area contributed by atoms with Gasteiger partial charge in [-0.1, -0.05) is 30.3 Å². The fourth-order valence-corrected chi connectivity index (χ4v) is 1.60. The Balaban J connectivity index is 2.28. The minimum absolute atomic E-state index is 0.165. The lowest BCUT2D eigenvalue weighted by Crippen LogP contribution is -2.46. The molecule has 1 aliphatic rings. The first-order valence-electron chi connectivity index (χ1n) is 4.27. The maximum atomic E-state index is 5.68. The van der Waals surface area contributed by atoms with E-state index >= 15 is 0 Å². The average molecular weight is 163 g/mol. The third-order valence-electron chi connectivity index (χ3n) is 2.51. The molecule has 2 heteroatoms. The zero-order chi connectivity index (χ0) is 8.44. The van der Waals surface area contributed by atoms with Crippen LogP contribution >= 0.6 is 0 Å². The van der Waals surface area contributed by atoms with Crippen LogP contribution in [0.15, 0.2) is 30.3 Å². The van der Waals surface area contributed by atoms with Crippen molar-refractivity contribution in [3.63, 3.8) is 0 Å². The molecule has 2 rings (SSSR count). The summed E-state index contributed by atoms with van der Waals surface area (Å²) in [6.07, 6.45) is 1.05. The second-order valence-electron chi connectivity index (χ2n) is 3.16. The Hall–Kier alpha value is -0.860. The normalized spacial score (nSPS) is 28.1. The third kappa shape index (κ3) is 1.04. The Kier molecular flexibility index (Phi) is 1.87. The van der Waals surface area contributed by atoms with Crippen LogP contribution in [-0.2, 0) is 10.3 Å². The molecule has 2 nitrogen and oxygen atoms in total. The van der Waals surface area contributed by atoms with Gasteiger partial charge in [0.25, 0.3) is 0 Å². The average Bonchev–Trinajstić information content (AvgIpc) is 2.05. The van der Waals surface area contributed by atoms with Gasteiger partial charge in [0.2, 0.25) is 0 Å². The van der Waals surface area contributed by atoms with Crippen molar-refractivity contribution in [2.24, 2.45) is 5.73 Å². The van der Waals surface area contributed by atoms with E-state index in [2.05, 4.69) is 12.1 Å². The molecule has 0 aromatic heterocycles. The highest BCUT2D eigenvalue weighted by molar-refractivity contribution is 5.24. The van der Waals surface area contributed by atoms with Crippen LogP contribution < -0.4 is 5.73 Å². The summed E-state index contributed by atoms with van der Waals surface area (Å²) in [5, 5.41) is 0. The third-order valence-corrected chi connectivity index (χ3v) is 2.51. The van der Waals surface area contributed by atoms with Crippen LogP contribution in [0.3, 0.4) is 0 Å². The van der Waals surface area contributed by atoms with Crippen molar-refractivity contribution >= 4 is 0 Å². The van der Waals surface area contributed by atoms with E-state index in [1.807, 2.05) is 18.2 Å². The van der Waals surface area contributed by atoms with E-state index in [0.717, 1.165) is 13.0 Å². The second-order valence-corrected chi connectivity index (χ2v) is 3.16. The summed E-state index contributed by atoms with van der Waals surface area (Å²) in [6.45, 7) is 1.42. The lowest BCUT2D eigenvalue weighted by atomic mass is 9.87. The summed E-state index contributed by atoms with van der Waals surface area (Å²) in [6, 6.07) is 10.2. The van der Waals surface area contributed by atoms with Crippen molar-refractivity contribution in [1.82, 2.24) is 0 Å². The minimum atomic E-state index is -0.165. The molecule has 12 heavy (non-hydrogen) atoms. The molecule has 0 bridgehead atoms. The van der Waals surface area contributed by atoms with Crippen LogP contribution in [0.25, 0.3) is 0 Å². The SMILES string of the molecule is NC[C@]1(c2ccccc2)CCO1. The maximum Gasteiger partial charge on any atom is 0.107 e. The molecule has 1 aromatic rings. The smallest absolute Gasteiger partial charge is 0.107 e. The summed E-state index contributed by atoms with van der Waals surface area (Å²) >= 11 is 0. The van der Waals surface area contributed by atoms with Gasteiger partial charge in [-0.15, -0.1) is 0 Å². The summed E-state index contributed by atoms with van der Waals surface area (Å²) in [7, 11) is 0. The first kappa shape index (κ1) is 7.77. The van der Waals surface area contributed by atoms with Gasteiger partial charge in [-0.2, -0.15) is 0 Å². The van der Waals surface area contributed by atoms with Gasteiger partial charge in [-0.3, -0.25) is 0 Å². The number of nitrogens with two attached hydrogens (primary N) is 1. The number of hydrogen-bond acceptors (Lipinski definition) is 2. The molecular weight excluding hydrogens is 150 g/mol. The molecule has 1 fully saturated rings. The topological polar surface area (TPSA) is 35.2 Å². The van der Waals surface area contributed by atoms with Crippen molar-refractivity contribution in [3.05, 3.63) is 35.9 Å². The highest BCUT2D eigenvalue weighted by Crippen LogP contribution is 2.35. The summed E-state index contributed by atoms with van der Waals surface area (Å²) in [4.78, 5) is 0. The molecule has 1 aromatic carbocycles. The molecule has 1 aliphatic heterocycles. The second kappa shape index (κ2) is 2.88. The molecule has 0 spiro atoms. The van der Waals surface area contributed by atoms with E-state index in [9.17, 15) is 0 Å². The van der Waals surface area contributed by atoms with Gasteiger partial charge in [0.05, 0.1) is 6.61 Å². The number of rotatable bonds is 2. The van der Waals surface area contributed by atoms with E-state index in [0.29, 0.717) is 6.54 Å². The number of ether oxygens (including phenoxy) is 1. The quantitative estimate of drug-likeness (QED) is 0.712. The zero-order valence-corrected chi connectivity index (χ0v) is 6.99. The standard InChI is InChI=1S/C10H13NO/c11-8-10(6-7-12-10)9-4-2-1-3-5-9/h1-5H,6-8,11H2/t10-/m0/s1. The molecule has 1 atom stereocenters. The first-order chi connectivity index (χ1) is 5.87. The fraction of sp³-hybridized carbons (Fsp3) is 0.400. The van der Waals surface area contributed by atoms with Gasteiger partial charge in [0.15, 0.2) is 0 Å². The Bertz CT molecular complexity index is 248. The molecule has 64 valence electrons. The maximum absolute atomic E-state index is 5.68. The summed E-state index contributed by atoms with van der Waals surface area (Å²) < 4.78 is 5.53. The van der Waals surface area contributed by atoms with Crippen LogP contribution in [-0.4, -0.2) is 13.2 Å². The van der Waals surface area contributed by atoms with Crippen LogP contribution in [0, 0.1) is 0 Å². The van der Waals surface area contributed by atoms with E-state index < -0.39 is 0 Å². The van der Waals surface area contributed by atoms with E-state index in [1.165, 1.54) is 5.56 Å². The first-order valence-corrected chi connectivity index (χ1v) is 4.27. The molecular formula is C10H13NO. The lowest BCUT2D eigenvalue weighted by Gasteiger charge is -2.41. The number of benzene rings is 1. The lowest BCUT2D eigenvalue weighted by molar-refractivity contribution is -0.146. The molecule has 2 N–H and O–H groups in total. The van der Waals surface area contributed by atoms with Gasteiger partial charge < -0.3 is 10.5 Å². The van der Waals surface area contributed by atoms with Crippen LogP contribution in [0.1, 0.15) is 12.0 Å². The molecule has 0 radical (unpaired) electrons. The van der Waals surface area contributed by atoms with Crippen molar-refractivity contribution < 1.29 is 4.74 Å². The largest absolute Gasteiger partial charge is 0.369 e. The fourth-order valence-electron chi connectivity index (χ4n) is 1.60. The summed E-state index contributed by atoms with van der Waals surface area (Å²) in [5.41, 5.74) is 6.72. The Morgan fingerprint density at radius 3 is 2.42 bits per heavy atom. The van der Waals surface area contributed by atoms with Gasteiger partial charge in [-0.05, 0) is 5.56 Å². The van der Waals surface area contributed by atoms with Crippen LogP contribution in [0.2, 0.25) is 0 Å². The van der Waals surface area contributed by atoms with Gasteiger partial charge >= 0.3 is 0 Å².